The Kier molecular flexibility index (Phi) is 3.38. The maximum atomic E-state index is 12.8. The molecule has 0 radical (unpaired) electrons. The largest absolute Gasteiger partial charge is 0.399 e. The zero-order chi connectivity index (χ0) is 15.9. The van der Waals surface area contributed by atoms with Crippen molar-refractivity contribution in [3.63, 3.8) is 0 Å². The summed E-state index contributed by atoms with van der Waals surface area (Å²) in [6, 6.07) is 9.34. The third-order valence-corrected chi connectivity index (χ3v) is 5.15. The van der Waals surface area contributed by atoms with Gasteiger partial charge < -0.3 is 11.5 Å². The molecule has 4 N–H and O–H groups in total. The fourth-order valence-electron chi connectivity index (χ4n) is 2.35. The van der Waals surface area contributed by atoms with Crippen molar-refractivity contribution in [1.82, 2.24) is 8.96 Å². The van der Waals surface area contributed by atoms with E-state index in [1.54, 1.807) is 24.4 Å². The minimum atomic E-state index is -3.75. The molecular weight excluding hydrogens is 300 g/mol. The second kappa shape index (κ2) is 5.11. The molecule has 0 aliphatic carbocycles. The van der Waals surface area contributed by atoms with Crippen molar-refractivity contribution < 1.29 is 8.42 Å². The fraction of sp³-hybridized carbons (Fsp3) is 0.133. The number of pyridine rings is 1. The molecule has 1 aromatic carbocycles. The van der Waals surface area contributed by atoms with E-state index < -0.39 is 10.0 Å². The number of nitrogens with two attached hydrogens (primary N) is 2. The first kappa shape index (κ1) is 14.6. The summed E-state index contributed by atoms with van der Waals surface area (Å²) in [5, 5.41) is 0.733. The number of anilines is 1. The Hall–Kier alpha value is -2.38. The third kappa shape index (κ3) is 2.24. The lowest BCUT2D eigenvalue weighted by molar-refractivity contribution is 0.588. The van der Waals surface area contributed by atoms with Crippen LogP contribution in [-0.2, 0) is 10.0 Å². The van der Waals surface area contributed by atoms with Crippen LogP contribution in [-0.4, -0.2) is 17.4 Å². The summed E-state index contributed by atoms with van der Waals surface area (Å²) in [7, 11) is -3.75. The molecule has 6 nitrogen and oxygen atoms in total. The van der Waals surface area contributed by atoms with Crippen molar-refractivity contribution in [2.24, 2.45) is 5.73 Å². The first-order chi connectivity index (χ1) is 10.4. The third-order valence-electron chi connectivity index (χ3n) is 3.49. The Bertz CT molecular complexity index is 928. The number of aromatic nitrogens is 2. The number of benzene rings is 1. The highest BCUT2D eigenvalue weighted by Crippen LogP contribution is 2.27. The van der Waals surface area contributed by atoms with Crippen LogP contribution in [0.4, 0.5) is 5.69 Å². The lowest BCUT2D eigenvalue weighted by atomic mass is 10.1. The molecule has 2 heterocycles. The molecule has 0 amide bonds. The standard InChI is InChI=1S/C15H16N4O2S/c1-10(16)14-9-19(15-13(14)3-2-8-18-15)22(20,21)12-6-4-11(17)5-7-12/h2-10H,16-17H2,1H3. The molecular formula is C15H16N4O2S. The molecule has 1 atom stereocenters. The van der Waals surface area contributed by atoms with Crippen LogP contribution in [0.2, 0.25) is 0 Å². The van der Waals surface area contributed by atoms with Gasteiger partial charge in [-0.05, 0) is 48.9 Å². The number of nitrogens with zero attached hydrogens (tertiary/aromatic N) is 2. The number of hydrogen-bond donors (Lipinski definition) is 2. The van der Waals surface area contributed by atoms with Gasteiger partial charge in [0, 0.05) is 29.5 Å². The van der Waals surface area contributed by atoms with Crippen molar-refractivity contribution in [3.05, 3.63) is 54.4 Å². The molecule has 2 aromatic heterocycles. The first-order valence-electron chi connectivity index (χ1n) is 6.74. The second-order valence-corrected chi connectivity index (χ2v) is 6.93. The Morgan fingerprint density at radius 2 is 1.86 bits per heavy atom. The molecule has 7 heteroatoms. The van der Waals surface area contributed by atoms with Gasteiger partial charge in [-0.3, -0.25) is 0 Å². The van der Waals surface area contributed by atoms with Crippen LogP contribution in [0, 0.1) is 0 Å². The van der Waals surface area contributed by atoms with E-state index in [9.17, 15) is 8.42 Å². The first-order valence-corrected chi connectivity index (χ1v) is 8.18. The van der Waals surface area contributed by atoms with Crippen LogP contribution in [0.15, 0.2) is 53.7 Å². The van der Waals surface area contributed by atoms with Gasteiger partial charge in [-0.25, -0.2) is 17.4 Å². The lowest BCUT2D eigenvalue weighted by Gasteiger charge is -2.07. The van der Waals surface area contributed by atoms with Crippen molar-refractivity contribution in [2.45, 2.75) is 17.9 Å². The highest BCUT2D eigenvalue weighted by Gasteiger charge is 2.22. The van der Waals surface area contributed by atoms with E-state index in [2.05, 4.69) is 4.98 Å². The number of fused-ring (bicyclic) bond motifs is 1. The van der Waals surface area contributed by atoms with Crippen molar-refractivity contribution >= 4 is 26.7 Å². The Morgan fingerprint density at radius 3 is 2.50 bits per heavy atom. The smallest absolute Gasteiger partial charge is 0.269 e. The molecule has 22 heavy (non-hydrogen) atoms. The zero-order valence-electron chi connectivity index (χ0n) is 12.0. The van der Waals surface area contributed by atoms with Gasteiger partial charge in [-0.15, -0.1) is 0 Å². The monoisotopic (exact) mass is 316 g/mol. The summed E-state index contributed by atoms with van der Waals surface area (Å²) in [5.41, 5.74) is 13.2. The molecule has 3 rings (SSSR count). The summed E-state index contributed by atoms with van der Waals surface area (Å²) < 4.78 is 26.8. The van der Waals surface area contributed by atoms with Gasteiger partial charge >= 0.3 is 0 Å². The summed E-state index contributed by atoms with van der Waals surface area (Å²) >= 11 is 0. The SMILES string of the molecule is CC(N)c1cn(S(=O)(=O)c2ccc(N)cc2)c2ncccc12. The molecule has 0 fully saturated rings. The average Bonchev–Trinajstić information content (AvgIpc) is 2.88. The molecule has 114 valence electrons. The zero-order valence-corrected chi connectivity index (χ0v) is 12.8. The van der Waals surface area contributed by atoms with Gasteiger partial charge in [0.2, 0.25) is 0 Å². The highest BCUT2D eigenvalue weighted by atomic mass is 32.2. The quantitative estimate of drug-likeness (QED) is 0.718. The Labute approximate surface area is 128 Å². The minimum Gasteiger partial charge on any atom is -0.399 e. The molecule has 0 bridgehead atoms. The van der Waals surface area contributed by atoms with E-state index in [0.29, 0.717) is 11.3 Å². The van der Waals surface area contributed by atoms with Crippen LogP contribution in [0.25, 0.3) is 11.0 Å². The topological polar surface area (TPSA) is 104 Å². The van der Waals surface area contributed by atoms with Gasteiger partial charge in [0.25, 0.3) is 10.0 Å². The summed E-state index contributed by atoms with van der Waals surface area (Å²) in [6.07, 6.45) is 3.09. The number of rotatable bonds is 3. The van der Waals surface area contributed by atoms with E-state index in [1.807, 2.05) is 13.0 Å². The van der Waals surface area contributed by atoms with Gasteiger partial charge in [-0.2, -0.15) is 0 Å². The summed E-state index contributed by atoms with van der Waals surface area (Å²) in [6.45, 7) is 1.81. The lowest BCUT2D eigenvalue weighted by Crippen LogP contribution is -2.12. The highest BCUT2D eigenvalue weighted by molar-refractivity contribution is 7.90. The number of hydrogen-bond acceptors (Lipinski definition) is 5. The maximum Gasteiger partial charge on any atom is 0.269 e. The summed E-state index contributed by atoms with van der Waals surface area (Å²) in [4.78, 5) is 4.35. The van der Waals surface area contributed by atoms with Crippen LogP contribution in [0.1, 0.15) is 18.5 Å². The molecule has 0 aliphatic heterocycles. The van der Waals surface area contributed by atoms with Crippen molar-refractivity contribution in [2.75, 3.05) is 5.73 Å². The van der Waals surface area contributed by atoms with E-state index in [4.69, 9.17) is 11.5 Å². The van der Waals surface area contributed by atoms with Crippen molar-refractivity contribution in [1.29, 1.82) is 0 Å². The molecule has 0 saturated heterocycles. The van der Waals surface area contributed by atoms with Gasteiger partial charge in [0.05, 0.1) is 4.90 Å². The average molecular weight is 316 g/mol. The van der Waals surface area contributed by atoms with Gasteiger partial charge in [0.15, 0.2) is 5.65 Å². The van der Waals surface area contributed by atoms with Crippen LogP contribution >= 0.6 is 0 Å². The fourth-order valence-corrected chi connectivity index (χ4v) is 3.69. The maximum absolute atomic E-state index is 12.8. The van der Waals surface area contributed by atoms with Crippen LogP contribution in [0.5, 0.6) is 0 Å². The Balaban J connectivity index is 2.27. The molecule has 3 aromatic rings. The Morgan fingerprint density at radius 1 is 1.18 bits per heavy atom. The van der Waals surface area contributed by atoms with Gasteiger partial charge in [0.1, 0.15) is 0 Å². The van der Waals surface area contributed by atoms with E-state index in [0.717, 1.165) is 10.9 Å². The van der Waals surface area contributed by atoms with E-state index in [-0.39, 0.29) is 10.9 Å². The molecule has 0 aliphatic rings. The van der Waals surface area contributed by atoms with Crippen LogP contribution < -0.4 is 11.5 Å². The second-order valence-electron chi connectivity index (χ2n) is 5.12. The minimum absolute atomic E-state index is 0.153. The number of nitrogen functional groups attached to an aromatic ring is 1. The van der Waals surface area contributed by atoms with E-state index in [1.165, 1.54) is 22.3 Å². The van der Waals surface area contributed by atoms with Crippen LogP contribution in [0.3, 0.4) is 0 Å². The molecule has 1 unspecified atom stereocenters. The predicted molar refractivity (Wildman–Crippen MR) is 85.8 cm³/mol. The van der Waals surface area contributed by atoms with Gasteiger partial charge in [-0.1, -0.05) is 0 Å². The summed E-state index contributed by atoms with van der Waals surface area (Å²) in [5.74, 6) is 0. The predicted octanol–water partition coefficient (Wildman–Crippen LogP) is 1.88. The van der Waals surface area contributed by atoms with E-state index >= 15 is 0 Å². The van der Waals surface area contributed by atoms with Crippen molar-refractivity contribution in [3.8, 4) is 0 Å². The molecule has 0 saturated carbocycles. The molecule has 0 spiro atoms. The normalized spacial score (nSPS) is 13.4.